The highest BCUT2D eigenvalue weighted by Gasteiger charge is 2.03. The van der Waals surface area contributed by atoms with Gasteiger partial charge in [0.1, 0.15) is 0 Å². The molecule has 0 aliphatic heterocycles. The summed E-state index contributed by atoms with van der Waals surface area (Å²) in [7, 11) is 0. The number of nitrogens with one attached hydrogen (secondary N) is 2. The normalized spacial score (nSPS) is 11.2. The van der Waals surface area contributed by atoms with E-state index in [-0.39, 0.29) is 24.0 Å². The van der Waals surface area contributed by atoms with Crippen molar-refractivity contribution in [1.82, 2.24) is 10.6 Å². The van der Waals surface area contributed by atoms with E-state index in [1.807, 2.05) is 19.1 Å². The van der Waals surface area contributed by atoms with Gasteiger partial charge in [0.2, 0.25) is 0 Å². The molecule has 0 unspecified atom stereocenters. The summed E-state index contributed by atoms with van der Waals surface area (Å²) in [6, 6.07) is 8.66. The van der Waals surface area contributed by atoms with E-state index >= 15 is 0 Å². The lowest BCUT2D eigenvalue weighted by Gasteiger charge is -2.14. The third-order valence-electron chi connectivity index (χ3n) is 2.76. The summed E-state index contributed by atoms with van der Waals surface area (Å²) < 4.78 is 5.50. The summed E-state index contributed by atoms with van der Waals surface area (Å²) in [6.45, 7) is 11.2. The molecule has 2 N–H and O–H groups in total. The third kappa shape index (κ3) is 8.26. The Morgan fingerprint density at radius 3 is 2.43 bits per heavy atom. The number of rotatable bonds is 7. The van der Waals surface area contributed by atoms with E-state index < -0.39 is 0 Å². The first kappa shape index (κ1) is 20.2. The second kappa shape index (κ2) is 11.8. The van der Waals surface area contributed by atoms with Gasteiger partial charge in [-0.05, 0) is 38.8 Å². The van der Waals surface area contributed by atoms with Gasteiger partial charge in [-0.25, -0.2) is 4.99 Å². The third-order valence-corrected chi connectivity index (χ3v) is 2.76. The fourth-order valence-corrected chi connectivity index (χ4v) is 1.82. The van der Waals surface area contributed by atoms with Crippen LogP contribution in [0.5, 0.6) is 0 Å². The molecule has 0 saturated carbocycles. The van der Waals surface area contributed by atoms with Crippen molar-refractivity contribution in [2.75, 3.05) is 13.2 Å². The summed E-state index contributed by atoms with van der Waals surface area (Å²) in [6.07, 6.45) is 0. The Kier molecular flexibility index (Phi) is 11.3. The minimum Gasteiger partial charge on any atom is -0.377 e. The van der Waals surface area contributed by atoms with Gasteiger partial charge in [-0.3, -0.25) is 0 Å². The highest BCUT2D eigenvalue weighted by molar-refractivity contribution is 14.0. The van der Waals surface area contributed by atoms with E-state index in [4.69, 9.17) is 4.74 Å². The zero-order valence-corrected chi connectivity index (χ0v) is 15.8. The first-order valence-corrected chi connectivity index (χ1v) is 7.36. The molecule has 0 saturated heterocycles. The Balaban J connectivity index is 0.00000400. The molecular weight excluding hydrogens is 377 g/mol. The molecule has 0 aromatic heterocycles. The molecule has 21 heavy (non-hydrogen) atoms. The van der Waals surface area contributed by atoms with Crippen LogP contribution in [0.4, 0.5) is 0 Å². The molecule has 4 nitrogen and oxygen atoms in total. The maximum atomic E-state index is 5.50. The Morgan fingerprint density at radius 2 is 1.86 bits per heavy atom. The van der Waals surface area contributed by atoms with Crippen molar-refractivity contribution in [3.8, 4) is 0 Å². The lowest BCUT2D eigenvalue weighted by molar-refractivity contribution is 0.133. The number of aliphatic imine (C=N–C) groups is 1. The number of ether oxygens (including phenoxy) is 1. The highest BCUT2D eigenvalue weighted by atomic mass is 127. The van der Waals surface area contributed by atoms with Crippen molar-refractivity contribution < 1.29 is 4.74 Å². The van der Waals surface area contributed by atoms with Gasteiger partial charge in [0.15, 0.2) is 5.96 Å². The average molecular weight is 405 g/mol. The number of nitrogens with zero attached hydrogens (tertiary/aromatic N) is 1. The van der Waals surface area contributed by atoms with Crippen LogP contribution in [0.2, 0.25) is 0 Å². The zero-order valence-electron chi connectivity index (χ0n) is 13.5. The molecule has 0 radical (unpaired) electrons. The predicted molar refractivity (Wildman–Crippen MR) is 100 cm³/mol. The second-order valence-electron chi connectivity index (χ2n) is 4.90. The molecule has 1 rings (SSSR count). The lowest BCUT2D eigenvalue weighted by atomic mass is 10.1. The zero-order chi connectivity index (χ0) is 14.8. The molecule has 0 spiro atoms. The largest absolute Gasteiger partial charge is 0.377 e. The van der Waals surface area contributed by atoms with Crippen molar-refractivity contribution in [2.45, 2.75) is 46.9 Å². The van der Waals surface area contributed by atoms with Gasteiger partial charge in [-0.1, -0.05) is 24.3 Å². The van der Waals surface area contributed by atoms with Crippen LogP contribution >= 0.6 is 24.0 Å². The monoisotopic (exact) mass is 405 g/mol. The predicted octanol–water partition coefficient (Wildman–Crippen LogP) is 3.30. The molecule has 0 bridgehead atoms. The van der Waals surface area contributed by atoms with Crippen molar-refractivity contribution >= 4 is 29.9 Å². The molecule has 0 aliphatic rings. The van der Waals surface area contributed by atoms with Gasteiger partial charge < -0.3 is 15.4 Å². The topological polar surface area (TPSA) is 45.7 Å². The number of hydrogen-bond acceptors (Lipinski definition) is 2. The van der Waals surface area contributed by atoms with Crippen LogP contribution in [-0.4, -0.2) is 25.2 Å². The van der Waals surface area contributed by atoms with Crippen LogP contribution in [0.3, 0.4) is 0 Å². The average Bonchev–Trinajstić information content (AvgIpc) is 2.43. The fraction of sp³-hybridized carbons (Fsp3) is 0.562. The minimum atomic E-state index is 0. The van der Waals surface area contributed by atoms with Crippen LogP contribution in [0.25, 0.3) is 0 Å². The standard InChI is InChI=1S/C16H27N3O.HI/c1-5-17-16(19-13(3)4)18-11-14-9-7-8-10-15(14)12-20-6-2;/h7-10,13H,5-6,11-12H2,1-4H3,(H2,17,18,19);1H. The second-order valence-corrected chi connectivity index (χ2v) is 4.90. The Hall–Kier alpha value is -0.820. The number of guanidine groups is 1. The molecule has 0 fully saturated rings. The van der Waals surface area contributed by atoms with Gasteiger partial charge in [-0.2, -0.15) is 0 Å². The van der Waals surface area contributed by atoms with Gasteiger partial charge in [-0.15, -0.1) is 24.0 Å². The van der Waals surface area contributed by atoms with E-state index in [9.17, 15) is 0 Å². The molecule has 0 amide bonds. The number of benzene rings is 1. The van der Waals surface area contributed by atoms with E-state index in [0.717, 1.165) is 19.1 Å². The lowest BCUT2D eigenvalue weighted by Crippen LogP contribution is -2.41. The molecule has 1 aromatic carbocycles. The molecule has 1 aromatic rings. The highest BCUT2D eigenvalue weighted by Crippen LogP contribution is 2.11. The van der Waals surface area contributed by atoms with Gasteiger partial charge in [0, 0.05) is 19.2 Å². The van der Waals surface area contributed by atoms with Gasteiger partial charge in [0.05, 0.1) is 13.2 Å². The van der Waals surface area contributed by atoms with Crippen LogP contribution in [0.15, 0.2) is 29.3 Å². The van der Waals surface area contributed by atoms with Crippen molar-refractivity contribution in [3.05, 3.63) is 35.4 Å². The first-order chi connectivity index (χ1) is 9.67. The SMILES string of the molecule is CCNC(=NCc1ccccc1COCC)NC(C)C.I. The van der Waals surface area contributed by atoms with Crippen molar-refractivity contribution in [3.63, 3.8) is 0 Å². The van der Waals surface area contributed by atoms with E-state index in [0.29, 0.717) is 19.2 Å². The summed E-state index contributed by atoms with van der Waals surface area (Å²) >= 11 is 0. The Labute approximate surface area is 145 Å². The van der Waals surface area contributed by atoms with Crippen LogP contribution < -0.4 is 10.6 Å². The smallest absolute Gasteiger partial charge is 0.191 e. The summed E-state index contributed by atoms with van der Waals surface area (Å²) in [5, 5.41) is 6.58. The molecule has 5 heteroatoms. The van der Waals surface area contributed by atoms with E-state index in [2.05, 4.69) is 48.5 Å². The molecule has 0 atom stereocenters. The fourth-order valence-electron chi connectivity index (χ4n) is 1.82. The quantitative estimate of drug-likeness (QED) is 0.416. The molecule has 0 aliphatic carbocycles. The molecule has 0 heterocycles. The van der Waals surface area contributed by atoms with Crippen LogP contribution in [0.1, 0.15) is 38.8 Å². The molecule has 120 valence electrons. The summed E-state index contributed by atoms with van der Waals surface area (Å²) in [5.41, 5.74) is 2.42. The molecular formula is C16H28IN3O. The van der Waals surface area contributed by atoms with Gasteiger partial charge in [0.25, 0.3) is 0 Å². The Bertz CT molecular complexity index is 422. The summed E-state index contributed by atoms with van der Waals surface area (Å²) in [5.74, 6) is 0.855. The van der Waals surface area contributed by atoms with Crippen LogP contribution in [-0.2, 0) is 17.9 Å². The maximum absolute atomic E-state index is 5.50. The van der Waals surface area contributed by atoms with Crippen molar-refractivity contribution in [1.29, 1.82) is 0 Å². The van der Waals surface area contributed by atoms with E-state index in [1.54, 1.807) is 0 Å². The minimum absolute atomic E-state index is 0. The summed E-state index contributed by atoms with van der Waals surface area (Å²) in [4.78, 5) is 4.63. The van der Waals surface area contributed by atoms with Crippen molar-refractivity contribution in [2.24, 2.45) is 4.99 Å². The number of hydrogen-bond donors (Lipinski definition) is 2. The van der Waals surface area contributed by atoms with E-state index in [1.165, 1.54) is 11.1 Å². The maximum Gasteiger partial charge on any atom is 0.191 e. The Morgan fingerprint density at radius 1 is 1.19 bits per heavy atom. The van der Waals surface area contributed by atoms with Crippen LogP contribution in [0, 0.1) is 0 Å². The van der Waals surface area contributed by atoms with Gasteiger partial charge >= 0.3 is 0 Å². The number of halogens is 1. The first-order valence-electron chi connectivity index (χ1n) is 7.36.